The van der Waals surface area contributed by atoms with Crippen molar-refractivity contribution in [1.29, 1.82) is 0 Å². The molecule has 18 heavy (non-hydrogen) atoms. The van der Waals surface area contributed by atoms with Crippen molar-refractivity contribution < 1.29 is 9.84 Å². The maximum atomic E-state index is 8.66. The first-order valence-electron chi connectivity index (χ1n) is 6.34. The van der Waals surface area contributed by atoms with Gasteiger partial charge < -0.3 is 9.84 Å². The first-order chi connectivity index (χ1) is 8.51. The van der Waals surface area contributed by atoms with Crippen molar-refractivity contribution in [2.75, 3.05) is 13.2 Å². The summed E-state index contributed by atoms with van der Waals surface area (Å²) >= 11 is 0. The second kappa shape index (κ2) is 7.08. The molecule has 0 spiro atoms. The highest BCUT2D eigenvalue weighted by Gasteiger charge is 2.09. The molecule has 0 fully saturated rings. The monoisotopic (exact) mass is 246 g/mol. The third-order valence-corrected chi connectivity index (χ3v) is 2.42. The molecule has 0 bridgehead atoms. The van der Waals surface area contributed by atoms with E-state index in [-0.39, 0.29) is 6.61 Å². The molecule has 1 N–H and O–H groups in total. The highest BCUT2D eigenvalue weighted by molar-refractivity contribution is 5.39. The molecule has 0 unspecified atom stereocenters. The smallest absolute Gasteiger partial charge is 0.120 e. The Labute approximate surface area is 110 Å². The van der Waals surface area contributed by atoms with Crippen LogP contribution in [0.4, 0.5) is 0 Å². The molecule has 1 aromatic carbocycles. The van der Waals surface area contributed by atoms with E-state index in [1.165, 1.54) is 0 Å². The van der Waals surface area contributed by atoms with Crippen LogP contribution in [0.15, 0.2) is 24.3 Å². The third kappa shape index (κ3) is 6.32. The van der Waals surface area contributed by atoms with Gasteiger partial charge in [0.2, 0.25) is 0 Å². The molecule has 0 aliphatic carbocycles. The second-order valence-corrected chi connectivity index (χ2v) is 5.46. The molecule has 1 rings (SSSR count). The first kappa shape index (κ1) is 14.6. The summed E-state index contributed by atoms with van der Waals surface area (Å²) in [5, 5.41) is 8.66. The number of ether oxygens (including phenoxy) is 1. The molecule has 0 aromatic heterocycles. The van der Waals surface area contributed by atoms with E-state index in [0.29, 0.717) is 11.8 Å². The lowest BCUT2D eigenvalue weighted by atomic mass is 9.93. The quantitative estimate of drug-likeness (QED) is 0.826. The minimum absolute atomic E-state index is 0.106. The van der Waals surface area contributed by atoms with Gasteiger partial charge in [0.15, 0.2) is 0 Å². The topological polar surface area (TPSA) is 29.5 Å². The fourth-order valence-electron chi connectivity index (χ4n) is 1.36. The second-order valence-electron chi connectivity index (χ2n) is 5.46. The van der Waals surface area contributed by atoms with E-state index in [2.05, 4.69) is 32.6 Å². The third-order valence-electron chi connectivity index (χ3n) is 2.42. The number of hydrogen-bond donors (Lipinski definition) is 1. The summed E-state index contributed by atoms with van der Waals surface area (Å²) in [6.45, 7) is 7.43. The predicted molar refractivity (Wildman–Crippen MR) is 74.6 cm³/mol. The summed E-state index contributed by atoms with van der Waals surface area (Å²) < 4.78 is 5.71. The van der Waals surface area contributed by atoms with E-state index in [1.807, 2.05) is 24.3 Å². The number of benzene rings is 1. The lowest BCUT2D eigenvalue weighted by molar-refractivity contribution is 0.243. The highest BCUT2D eigenvalue weighted by Crippen LogP contribution is 2.20. The molecule has 0 radical (unpaired) electrons. The molecule has 1 aromatic rings. The molecule has 0 heterocycles. The van der Waals surface area contributed by atoms with Gasteiger partial charge in [-0.1, -0.05) is 38.7 Å². The maximum Gasteiger partial charge on any atom is 0.120 e. The summed E-state index contributed by atoms with van der Waals surface area (Å²) in [6, 6.07) is 7.77. The zero-order valence-electron chi connectivity index (χ0n) is 11.5. The Morgan fingerprint density at radius 1 is 1.28 bits per heavy atom. The van der Waals surface area contributed by atoms with Gasteiger partial charge in [-0.05, 0) is 30.0 Å². The minimum Gasteiger partial charge on any atom is -0.494 e. The van der Waals surface area contributed by atoms with Gasteiger partial charge in [0.1, 0.15) is 5.75 Å². The molecule has 0 atom stereocenters. The van der Waals surface area contributed by atoms with E-state index in [4.69, 9.17) is 9.84 Å². The Bertz CT molecular complexity index is 419. The molecular weight excluding hydrogens is 224 g/mol. The number of rotatable bonds is 4. The average molecular weight is 246 g/mol. The molecule has 0 saturated carbocycles. The van der Waals surface area contributed by atoms with Gasteiger partial charge in [0, 0.05) is 12.0 Å². The fraction of sp³-hybridized carbons (Fsp3) is 0.500. The van der Waals surface area contributed by atoms with E-state index >= 15 is 0 Å². The van der Waals surface area contributed by atoms with Crippen LogP contribution in [0.1, 0.15) is 39.2 Å². The van der Waals surface area contributed by atoms with Crippen LogP contribution < -0.4 is 4.74 Å². The fourth-order valence-corrected chi connectivity index (χ4v) is 1.36. The number of hydrogen-bond acceptors (Lipinski definition) is 2. The zero-order chi connectivity index (χ0) is 13.4. The molecule has 98 valence electrons. The molecule has 0 aliphatic rings. The van der Waals surface area contributed by atoms with Gasteiger partial charge in [0.05, 0.1) is 13.2 Å². The Kier molecular flexibility index (Phi) is 5.74. The highest BCUT2D eigenvalue weighted by atomic mass is 16.5. The summed E-state index contributed by atoms with van der Waals surface area (Å²) in [7, 11) is 0. The average Bonchev–Trinajstić information content (AvgIpc) is 2.28. The normalized spacial score (nSPS) is 10.7. The zero-order valence-corrected chi connectivity index (χ0v) is 11.5. The van der Waals surface area contributed by atoms with E-state index in [1.54, 1.807) is 0 Å². The SMILES string of the molecule is CC(C)(C)CCOc1cccc(C#CCCO)c1. The Morgan fingerprint density at radius 2 is 2.06 bits per heavy atom. The van der Waals surface area contributed by atoms with Crippen molar-refractivity contribution >= 4 is 0 Å². The van der Waals surface area contributed by atoms with Crippen molar-refractivity contribution in [3.8, 4) is 17.6 Å². The minimum atomic E-state index is 0.106. The van der Waals surface area contributed by atoms with Crippen LogP contribution in [0.3, 0.4) is 0 Å². The summed E-state index contributed by atoms with van der Waals surface area (Å²) in [4.78, 5) is 0. The van der Waals surface area contributed by atoms with Crippen LogP contribution >= 0.6 is 0 Å². The van der Waals surface area contributed by atoms with Crippen LogP contribution in [0.25, 0.3) is 0 Å². The summed E-state index contributed by atoms with van der Waals surface area (Å²) in [5.74, 6) is 6.76. The Balaban J connectivity index is 2.53. The first-order valence-corrected chi connectivity index (χ1v) is 6.34. The van der Waals surface area contributed by atoms with Crippen LogP contribution in [-0.2, 0) is 0 Å². The molecule has 2 nitrogen and oxygen atoms in total. The molecular formula is C16H22O2. The summed E-state index contributed by atoms with van der Waals surface area (Å²) in [5.41, 5.74) is 1.22. The van der Waals surface area contributed by atoms with Gasteiger partial charge in [-0.2, -0.15) is 0 Å². The Morgan fingerprint density at radius 3 is 2.72 bits per heavy atom. The van der Waals surface area contributed by atoms with Crippen LogP contribution in [0, 0.1) is 17.3 Å². The van der Waals surface area contributed by atoms with Gasteiger partial charge in [0.25, 0.3) is 0 Å². The maximum absolute atomic E-state index is 8.66. The number of aliphatic hydroxyl groups is 1. The van der Waals surface area contributed by atoms with Crippen molar-refractivity contribution in [2.24, 2.45) is 5.41 Å². The molecule has 0 amide bonds. The standard InChI is InChI=1S/C16H22O2/c1-16(2,3)10-12-18-15-9-6-8-14(13-15)7-4-5-11-17/h6,8-9,13,17H,5,10-12H2,1-3H3. The summed E-state index contributed by atoms with van der Waals surface area (Å²) in [6.07, 6.45) is 1.53. The molecule has 2 heteroatoms. The van der Waals surface area contributed by atoms with Crippen LogP contribution in [0.2, 0.25) is 0 Å². The molecule has 0 aliphatic heterocycles. The predicted octanol–water partition coefficient (Wildman–Crippen LogP) is 3.24. The van der Waals surface area contributed by atoms with E-state index in [9.17, 15) is 0 Å². The lowest BCUT2D eigenvalue weighted by Gasteiger charge is -2.18. The van der Waals surface area contributed by atoms with E-state index < -0.39 is 0 Å². The van der Waals surface area contributed by atoms with Gasteiger partial charge in [-0.15, -0.1) is 0 Å². The number of aliphatic hydroxyl groups excluding tert-OH is 1. The van der Waals surface area contributed by atoms with Crippen molar-refractivity contribution in [1.82, 2.24) is 0 Å². The largest absolute Gasteiger partial charge is 0.494 e. The Hall–Kier alpha value is -1.46. The van der Waals surface area contributed by atoms with Crippen molar-refractivity contribution in [3.63, 3.8) is 0 Å². The van der Waals surface area contributed by atoms with Gasteiger partial charge >= 0.3 is 0 Å². The molecule has 0 saturated heterocycles. The van der Waals surface area contributed by atoms with E-state index in [0.717, 1.165) is 24.3 Å². The van der Waals surface area contributed by atoms with Crippen LogP contribution in [-0.4, -0.2) is 18.3 Å². The van der Waals surface area contributed by atoms with Crippen LogP contribution in [0.5, 0.6) is 5.75 Å². The van der Waals surface area contributed by atoms with Gasteiger partial charge in [-0.25, -0.2) is 0 Å². The lowest BCUT2D eigenvalue weighted by Crippen LogP contribution is -2.11. The van der Waals surface area contributed by atoms with Gasteiger partial charge in [-0.3, -0.25) is 0 Å². The van der Waals surface area contributed by atoms with Crippen molar-refractivity contribution in [2.45, 2.75) is 33.6 Å². The van der Waals surface area contributed by atoms with Crippen molar-refractivity contribution in [3.05, 3.63) is 29.8 Å².